The SMILES string of the molecule is Sc1cc(-n2c3ccccc3c3ccc(-c4ccccc4)cc32)cc2c1sc1ccccc12. The number of aromatic nitrogens is 1. The average Bonchev–Trinajstić information content (AvgIpc) is 3.40. The van der Waals surface area contributed by atoms with Gasteiger partial charge in [-0.05, 0) is 41.5 Å². The minimum atomic E-state index is 1.02. The van der Waals surface area contributed by atoms with E-state index in [0.29, 0.717) is 0 Å². The summed E-state index contributed by atoms with van der Waals surface area (Å²) in [4.78, 5) is 1.02. The topological polar surface area (TPSA) is 4.93 Å². The molecule has 0 aliphatic rings. The molecule has 0 fully saturated rings. The molecule has 3 heteroatoms. The van der Waals surface area contributed by atoms with E-state index in [4.69, 9.17) is 12.6 Å². The van der Waals surface area contributed by atoms with E-state index < -0.39 is 0 Å². The molecule has 2 heterocycles. The maximum absolute atomic E-state index is 4.92. The van der Waals surface area contributed by atoms with Crippen molar-refractivity contribution >= 4 is 65.9 Å². The first-order valence-electron chi connectivity index (χ1n) is 11.0. The van der Waals surface area contributed by atoms with Crippen LogP contribution in [-0.4, -0.2) is 4.57 Å². The molecule has 0 bridgehead atoms. The number of para-hydroxylation sites is 1. The van der Waals surface area contributed by atoms with Crippen molar-refractivity contribution in [3.05, 3.63) is 109 Å². The van der Waals surface area contributed by atoms with Crippen LogP contribution in [0.2, 0.25) is 0 Å². The Bertz CT molecular complexity index is 1820. The zero-order chi connectivity index (χ0) is 21.9. The molecule has 7 rings (SSSR count). The van der Waals surface area contributed by atoms with Gasteiger partial charge in [0.2, 0.25) is 0 Å². The fraction of sp³-hybridized carbons (Fsp3) is 0. The van der Waals surface area contributed by atoms with Crippen molar-refractivity contribution in [1.29, 1.82) is 0 Å². The number of hydrogen-bond donors (Lipinski definition) is 1. The highest BCUT2D eigenvalue weighted by Crippen LogP contribution is 2.41. The van der Waals surface area contributed by atoms with Crippen LogP contribution >= 0.6 is 24.0 Å². The molecule has 0 aliphatic carbocycles. The largest absolute Gasteiger partial charge is 0.309 e. The quantitative estimate of drug-likeness (QED) is 0.247. The summed E-state index contributed by atoms with van der Waals surface area (Å²) in [5.41, 5.74) is 6.02. The highest BCUT2D eigenvalue weighted by atomic mass is 32.1. The number of thiophene rings is 1. The van der Waals surface area contributed by atoms with Crippen molar-refractivity contribution in [2.75, 3.05) is 0 Å². The first-order valence-corrected chi connectivity index (χ1v) is 12.3. The second-order valence-electron chi connectivity index (χ2n) is 8.39. The lowest BCUT2D eigenvalue weighted by atomic mass is 10.0. The summed E-state index contributed by atoms with van der Waals surface area (Å²) in [6.07, 6.45) is 0. The smallest absolute Gasteiger partial charge is 0.0547 e. The Morgan fingerprint density at radius 3 is 2.15 bits per heavy atom. The number of fused-ring (bicyclic) bond motifs is 6. The van der Waals surface area contributed by atoms with E-state index in [1.165, 1.54) is 53.1 Å². The van der Waals surface area contributed by atoms with Crippen molar-refractivity contribution in [2.45, 2.75) is 4.90 Å². The van der Waals surface area contributed by atoms with Crippen LogP contribution in [0.25, 0.3) is 58.8 Å². The fourth-order valence-corrected chi connectivity index (χ4v) is 6.47. The van der Waals surface area contributed by atoms with Gasteiger partial charge in [0, 0.05) is 41.5 Å². The second kappa shape index (κ2) is 7.24. The molecule has 156 valence electrons. The highest BCUT2D eigenvalue weighted by molar-refractivity contribution is 7.80. The predicted octanol–water partition coefficient (Wildman–Crippen LogP) is 9.11. The van der Waals surface area contributed by atoms with Crippen molar-refractivity contribution in [2.24, 2.45) is 0 Å². The van der Waals surface area contributed by atoms with Crippen LogP contribution in [0.1, 0.15) is 0 Å². The van der Waals surface area contributed by atoms with Gasteiger partial charge in [0.05, 0.1) is 11.0 Å². The van der Waals surface area contributed by atoms with Crippen LogP contribution in [-0.2, 0) is 0 Å². The third-order valence-electron chi connectivity index (χ3n) is 6.48. The summed E-state index contributed by atoms with van der Waals surface area (Å²) in [7, 11) is 0. The molecular formula is C30H19NS2. The summed E-state index contributed by atoms with van der Waals surface area (Å²) >= 11 is 6.74. The summed E-state index contributed by atoms with van der Waals surface area (Å²) in [5.74, 6) is 0. The van der Waals surface area contributed by atoms with Crippen LogP contribution < -0.4 is 0 Å². The van der Waals surface area contributed by atoms with E-state index in [2.05, 4.69) is 114 Å². The maximum Gasteiger partial charge on any atom is 0.0547 e. The molecule has 0 atom stereocenters. The molecule has 0 radical (unpaired) electrons. The number of benzene rings is 5. The molecule has 0 saturated heterocycles. The monoisotopic (exact) mass is 457 g/mol. The molecule has 1 nitrogen and oxygen atoms in total. The van der Waals surface area contributed by atoms with E-state index >= 15 is 0 Å². The Kier molecular flexibility index (Phi) is 4.17. The normalized spacial score (nSPS) is 11.8. The van der Waals surface area contributed by atoms with Gasteiger partial charge in [0.1, 0.15) is 0 Å². The van der Waals surface area contributed by atoms with Crippen LogP contribution in [0.5, 0.6) is 0 Å². The Morgan fingerprint density at radius 2 is 1.27 bits per heavy atom. The number of hydrogen-bond acceptors (Lipinski definition) is 2. The van der Waals surface area contributed by atoms with E-state index in [-0.39, 0.29) is 0 Å². The highest BCUT2D eigenvalue weighted by Gasteiger charge is 2.16. The molecule has 0 saturated carbocycles. The van der Waals surface area contributed by atoms with E-state index in [0.717, 1.165) is 10.6 Å². The van der Waals surface area contributed by atoms with Gasteiger partial charge < -0.3 is 4.57 Å². The minimum absolute atomic E-state index is 1.02. The number of thiol groups is 1. The molecule has 0 aliphatic heterocycles. The molecule has 2 aromatic heterocycles. The van der Waals surface area contributed by atoms with Crippen molar-refractivity contribution in [3.8, 4) is 16.8 Å². The van der Waals surface area contributed by atoms with Crippen LogP contribution in [0.4, 0.5) is 0 Å². The second-order valence-corrected chi connectivity index (χ2v) is 9.92. The zero-order valence-electron chi connectivity index (χ0n) is 17.7. The van der Waals surface area contributed by atoms with Gasteiger partial charge in [-0.1, -0.05) is 78.9 Å². The Hall–Kier alpha value is -3.53. The van der Waals surface area contributed by atoms with Crippen molar-refractivity contribution in [3.63, 3.8) is 0 Å². The molecule has 0 N–H and O–H groups in total. The van der Waals surface area contributed by atoms with Gasteiger partial charge in [-0.2, -0.15) is 0 Å². The molecule has 0 amide bonds. The van der Waals surface area contributed by atoms with Crippen molar-refractivity contribution in [1.82, 2.24) is 4.57 Å². The van der Waals surface area contributed by atoms with Gasteiger partial charge in [0.25, 0.3) is 0 Å². The van der Waals surface area contributed by atoms with Gasteiger partial charge in [-0.3, -0.25) is 0 Å². The lowest BCUT2D eigenvalue weighted by Gasteiger charge is -2.11. The minimum Gasteiger partial charge on any atom is -0.309 e. The number of rotatable bonds is 2. The summed E-state index contributed by atoms with van der Waals surface area (Å²) in [6, 6.07) is 39.2. The van der Waals surface area contributed by atoms with E-state index in [1.807, 2.05) is 11.3 Å². The lowest BCUT2D eigenvalue weighted by Crippen LogP contribution is -1.94. The van der Waals surface area contributed by atoms with E-state index in [9.17, 15) is 0 Å². The molecule has 7 aromatic rings. The maximum atomic E-state index is 4.92. The Balaban J connectivity index is 1.59. The predicted molar refractivity (Wildman–Crippen MR) is 146 cm³/mol. The van der Waals surface area contributed by atoms with Crippen LogP contribution in [0.15, 0.2) is 114 Å². The first-order chi connectivity index (χ1) is 16.3. The zero-order valence-corrected chi connectivity index (χ0v) is 19.4. The Morgan fingerprint density at radius 1 is 0.545 bits per heavy atom. The number of nitrogens with zero attached hydrogens (tertiary/aromatic N) is 1. The summed E-state index contributed by atoms with van der Waals surface area (Å²) in [5, 5.41) is 5.09. The molecule has 33 heavy (non-hydrogen) atoms. The van der Waals surface area contributed by atoms with Crippen LogP contribution in [0, 0.1) is 0 Å². The third kappa shape index (κ3) is 2.86. The first kappa shape index (κ1) is 19.0. The summed E-state index contributed by atoms with van der Waals surface area (Å²) in [6.45, 7) is 0. The standard InChI is InChI=1S/C30H19NS2/c32-28-18-21(17-25-24-11-5-7-13-29(24)33-30(25)28)31-26-12-6-4-10-22(26)23-15-14-20(16-27(23)31)19-8-2-1-3-9-19/h1-18,32H. The van der Waals surface area contributed by atoms with Gasteiger partial charge in [0.15, 0.2) is 0 Å². The van der Waals surface area contributed by atoms with Gasteiger partial charge >= 0.3 is 0 Å². The lowest BCUT2D eigenvalue weighted by molar-refractivity contribution is 1.18. The average molecular weight is 458 g/mol. The summed E-state index contributed by atoms with van der Waals surface area (Å²) < 4.78 is 4.94. The molecule has 0 unspecified atom stereocenters. The van der Waals surface area contributed by atoms with Crippen LogP contribution in [0.3, 0.4) is 0 Å². The van der Waals surface area contributed by atoms with Gasteiger partial charge in [-0.15, -0.1) is 24.0 Å². The Labute approximate surface area is 200 Å². The molecule has 5 aromatic carbocycles. The fourth-order valence-electron chi connectivity index (χ4n) is 4.98. The molecule has 0 spiro atoms. The van der Waals surface area contributed by atoms with Gasteiger partial charge in [-0.25, -0.2) is 0 Å². The van der Waals surface area contributed by atoms with E-state index in [1.54, 1.807) is 0 Å². The third-order valence-corrected chi connectivity index (χ3v) is 8.21. The molecular weight excluding hydrogens is 438 g/mol. The van der Waals surface area contributed by atoms with Crippen molar-refractivity contribution < 1.29 is 0 Å².